The van der Waals surface area contributed by atoms with Gasteiger partial charge in [0.05, 0.1) is 16.1 Å². The van der Waals surface area contributed by atoms with E-state index in [1.165, 1.54) is 43.4 Å². The van der Waals surface area contributed by atoms with Gasteiger partial charge in [-0.15, -0.1) is 5.11 Å². The molecule has 0 atom stereocenters. The molecule has 0 spiro atoms. The summed E-state index contributed by atoms with van der Waals surface area (Å²) >= 11 is 0. The lowest BCUT2D eigenvalue weighted by Gasteiger charge is -2.01. The third-order valence-electron chi connectivity index (χ3n) is 3.72. The Morgan fingerprint density at radius 3 is 2.46 bits per heavy atom. The van der Waals surface area contributed by atoms with Crippen LogP contribution in [0.25, 0.3) is 10.9 Å². The number of H-pyrrole nitrogens is 1. The summed E-state index contributed by atoms with van der Waals surface area (Å²) < 4.78 is 25.6. The lowest BCUT2D eigenvalue weighted by molar-refractivity contribution is 0.100. The molecule has 3 rings (SSSR count). The van der Waals surface area contributed by atoms with Crippen molar-refractivity contribution in [1.82, 2.24) is 9.71 Å². The van der Waals surface area contributed by atoms with Gasteiger partial charge in [0, 0.05) is 10.9 Å². The SMILES string of the molecule is CNS(=O)(=O)c1ccc(N=Nc2c(O)[nH]c3ccc(C(N)=O)cc23)cc1. The molecule has 0 saturated heterocycles. The van der Waals surface area contributed by atoms with Crippen molar-refractivity contribution in [2.45, 2.75) is 4.90 Å². The van der Waals surface area contributed by atoms with Gasteiger partial charge in [-0.05, 0) is 49.5 Å². The van der Waals surface area contributed by atoms with Crippen molar-refractivity contribution < 1.29 is 18.3 Å². The minimum Gasteiger partial charge on any atom is -0.493 e. The number of fused-ring (bicyclic) bond motifs is 1. The predicted octanol–water partition coefficient (Wildman–Crippen LogP) is 2.30. The van der Waals surface area contributed by atoms with E-state index in [1.807, 2.05) is 0 Å². The summed E-state index contributed by atoms with van der Waals surface area (Å²) in [5.74, 6) is -0.809. The van der Waals surface area contributed by atoms with Gasteiger partial charge in [-0.25, -0.2) is 13.1 Å². The Kier molecular flexibility index (Phi) is 4.45. The van der Waals surface area contributed by atoms with Crippen LogP contribution in [0.4, 0.5) is 11.4 Å². The highest BCUT2D eigenvalue weighted by atomic mass is 32.2. The van der Waals surface area contributed by atoms with E-state index in [-0.39, 0.29) is 22.0 Å². The number of hydrogen-bond acceptors (Lipinski definition) is 6. The zero-order valence-corrected chi connectivity index (χ0v) is 14.4. The molecule has 0 saturated carbocycles. The fourth-order valence-corrected chi connectivity index (χ4v) is 3.07. The molecule has 0 fully saturated rings. The summed E-state index contributed by atoms with van der Waals surface area (Å²) in [5, 5.41) is 18.5. The van der Waals surface area contributed by atoms with Gasteiger partial charge in [0.1, 0.15) is 0 Å². The highest BCUT2D eigenvalue weighted by molar-refractivity contribution is 7.89. The molecule has 3 aromatic rings. The highest BCUT2D eigenvalue weighted by Crippen LogP contribution is 2.36. The molecular formula is C16H15N5O4S. The molecule has 0 radical (unpaired) electrons. The average Bonchev–Trinajstić information content (AvgIpc) is 2.94. The first-order valence-electron chi connectivity index (χ1n) is 7.41. The van der Waals surface area contributed by atoms with Gasteiger partial charge in [-0.3, -0.25) is 4.79 Å². The fourth-order valence-electron chi connectivity index (χ4n) is 2.34. The van der Waals surface area contributed by atoms with Crippen molar-refractivity contribution in [1.29, 1.82) is 0 Å². The maximum atomic E-state index is 11.7. The van der Waals surface area contributed by atoms with E-state index in [9.17, 15) is 18.3 Å². The molecule has 0 aliphatic rings. The number of rotatable bonds is 5. The first-order chi connectivity index (χ1) is 12.3. The third kappa shape index (κ3) is 3.27. The number of hydrogen-bond donors (Lipinski definition) is 4. The number of nitrogens with one attached hydrogen (secondary N) is 2. The molecule has 0 unspecified atom stereocenters. The number of amides is 1. The Bertz CT molecular complexity index is 1120. The van der Waals surface area contributed by atoms with Gasteiger partial charge in [-0.1, -0.05) is 0 Å². The molecule has 10 heteroatoms. The van der Waals surface area contributed by atoms with E-state index in [2.05, 4.69) is 19.9 Å². The Morgan fingerprint density at radius 1 is 1.15 bits per heavy atom. The largest absolute Gasteiger partial charge is 0.493 e. The van der Waals surface area contributed by atoms with Crippen LogP contribution in [0.2, 0.25) is 0 Å². The number of aromatic amines is 1. The van der Waals surface area contributed by atoms with Gasteiger partial charge in [-0.2, -0.15) is 5.11 Å². The van der Waals surface area contributed by atoms with Crippen LogP contribution in [0.1, 0.15) is 10.4 Å². The maximum absolute atomic E-state index is 11.7. The van der Waals surface area contributed by atoms with E-state index in [4.69, 9.17) is 5.73 Å². The molecule has 1 heterocycles. The van der Waals surface area contributed by atoms with Gasteiger partial charge in [0.15, 0.2) is 5.69 Å². The maximum Gasteiger partial charge on any atom is 0.248 e. The van der Waals surface area contributed by atoms with Crippen LogP contribution in [0.3, 0.4) is 0 Å². The molecule has 1 aromatic heterocycles. The summed E-state index contributed by atoms with van der Waals surface area (Å²) in [6.07, 6.45) is 0. The van der Waals surface area contributed by atoms with Gasteiger partial charge in [0.25, 0.3) is 0 Å². The summed E-state index contributed by atoms with van der Waals surface area (Å²) in [5.41, 5.74) is 6.64. The summed E-state index contributed by atoms with van der Waals surface area (Å²) in [4.78, 5) is 14.1. The molecule has 26 heavy (non-hydrogen) atoms. The summed E-state index contributed by atoms with van der Waals surface area (Å²) in [6, 6.07) is 10.4. The zero-order valence-electron chi connectivity index (χ0n) is 13.6. The molecule has 9 nitrogen and oxygen atoms in total. The number of benzene rings is 2. The van der Waals surface area contributed by atoms with Crippen molar-refractivity contribution in [3.05, 3.63) is 48.0 Å². The van der Waals surface area contributed by atoms with E-state index in [1.54, 1.807) is 6.07 Å². The number of carbonyl (C=O) groups excluding carboxylic acids is 1. The Labute approximate surface area is 148 Å². The molecule has 0 aliphatic heterocycles. The molecule has 2 aromatic carbocycles. The van der Waals surface area contributed by atoms with Crippen LogP contribution in [0.15, 0.2) is 57.6 Å². The lowest BCUT2D eigenvalue weighted by Crippen LogP contribution is -2.18. The summed E-state index contributed by atoms with van der Waals surface area (Å²) in [7, 11) is -2.21. The summed E-state index contributed by atoms with van der Waals surface area (Å²) in [6.45, 7) is 0. The molecule has 1 amide bonds. The molecule has 0 bridgehead atoms. The molecular weight excluding hydrogens is 358 g/mol. The minimum atomic E-state index is -3.53. The van der Waals surface area contributed by atoms with Crippen LogP contribution in [0.5, 0.6) is 5.88 Å². The average molecular weight is 373 g/mol. The second-order valence-electron chi connectivity index (χ2n) is 5.35. The number of sulfonamides is 1. The normalized spacial score (nSPS) is 12.0. The third-order valence-corrected chi connectivity index (χ3v) is 5.15. The van der Waals surface area contributed by atoms with Gasteiger partial charge >= 0.3 is 0 Å². The standard InChI is InChI=1S/C16H15N5O4S/c1-18-26(24,25)11-5-3-10(4-6-11)20-21-14-12-8-9(15(17)22)2-7-13(12)19-16(14)23/h2-8,18-19,23H,1H3,(H2,17,22). The van der Waals surface area contributed by atoms with Gasteiger partial charge < -0.3 is 15.8 Å². The van der Waals surface area contributed by atoms with Gasteiger partial charge in [0.2, 0.25) is 21.8 Å². The molecule has 0 aliphatic carbocycles. The lowest BCUT2D eigenvalue weighted by atomic mass is 10.1. The number of azo groups is 1. The van der Waals surface area contributed by atoms with E-state index in [0.717, 1.165) is 0 Å². The van der Waals surface area contributed by atoms with Crippen molar-refractivity contribution in [2.75, 3.05) is 7.05 Å². The van der Waals surface area contributed by atoms with Crippen molar-refractivity contribution in [3.63, 3.8) is 0 Å². The van der Waals surface area contributed by atoms with Crippen LogP contribution < -0.4 is 10.5 Å². The predicted molar refractivity (Wildman–Crippen MR) is 95.3 cm³/mol. The highest BCUT2D eigenvalue weighted by Gasteiger charge is 2.13. The number of primary amides is 1. The number of nitrogens with zero attached hydrogens (tertiary/aromatic N) is 2. The van der Waals surface area contributed by atoms with Crippen LogP contribution >= 0.6 is 0 Å². The fraction of sp³-hybridized carbons (Fsp3) is 0.0625. The number of aromatic nitrogens is 1. The van der Waals surface area contributed by atoms with E-state index in [0.29, 0.717) is 16.6 Å². The topological polar surface area (TPSA) is 150 Å². The minimum absolute atomic E-state index is 0.0972. The smallest absolute Gasteiger partial charge is 0.248 e. The number of carbonyl (C=O) groups is 1. The Hall–Kier alpha value is -3.24. The number of nitrogens with two attached hydrogens (primary N) is 1. The van der Waals surface area contributed by atoms with Crippen molar-refractivity contribution in [3.8, 4) is 5.88 Å². The van der Waals surface area contributed by atoms with Crippen LogP contribution in [0, 0.1) is 0 Å². The zero-order chi connectivity index (χ0) is 18.9. The van der Waals surface area contributed by atoms with Crippen molar-refractivity contribution in [2.24, 2.45) is 16.0 Å². The number of aromatic hydroxyl groups is 1. The first-order valence-corrected chi connectivity index (χ1v) is 8.90. The quantitative estimate of drug-likeness (QED) is 0.507. The van der Waals surface area contributed by atoms with Crippen LogP contribution in [-0.2, 0) is 10.0 Å². The van der Waals surface area contributed by atoms with Crippen molar-refractivity contribution >= 4 is 38.2 Å². The second-order valence-corrected chi connectivity index (χ2v) is 7.23. The van der Waals surface area contributed by atoms with E-state index < -0.39 is 15.9 Å². The first kappa shape index (κ1) is 17.6. The Morgan fingerprint density at radius 2 is 1.85 bits per heavy atom. The molecule has 5 N–H and O–H groups in total. The Balaban J connectivity index is 1.97. The van der Waals surface area contributed by atoms with Crippen LogP contribution in [-0.4, -0.2) is 31.5 Å². The van der Waals surface area contributed by atoms with E-state index >= 15 is 0 Å². The molecule has 134 valence electrons. The second kappa shape index (κ2) is 6.58. The monoisotopic (exact) mass is 373 g/mol.